The number of aliphatic hydroxyl groups excluding tert-OH is 1. The zero-order valence-electron chi connectivity index (χ0n) is 9.69. The average Bonchev–Trinajstić information content (AvgIpc) is 2.78. The molecule has 1 aliphatic rings. The number of anilines is 2. The number of rotatable bonds is 4. The van der Waals surface area contributed by atoms with E-state index >= 15 is 0 Å². The monoisotopic (exact) mass is 221 g/mol. The molecule has 0 bridgehead atoms. The van der Waals surface area contributed by atoms with E-state index < -0.39 is 0 Å². The molecule has 0 aromatic carbocycles. The van der Waals surface area contributed by atoms with Gasteiger partial charge in [0.25, 0.3) is 0 Å². The quantitative estimate of drug-likeness (QED) is 0.805. The van der Waals surface area contributed by atoms with E-state index in [9.17, 15) is 0 Å². The average molecular weight is 221 g/mol. The molecule has 0 radical (unpaired) electrons. The van der Waals surface area contributed by atoms with Gasteiger partial charge < -0.3 is 15.3 Å². The number of aromatic nitrogens is 1. The van der Waals surface area contributed by atoms with Crippen LogP contribution in [0.2, 0.25) is 0 Å². The minimum atomic E-state index is 0.281. The van der Waals surface area contributed by atoms with Crippen LogP contribution in [0.1, 0.15) is 13.3 Å². The number of hydrogen-bond donors (Lipinski definition) is 2. The molecule has 2 heterocycles. The molecule has 1 aromatic rings. The topological polar surface area (TPSA) is 48.4 Å². The summed E-state index contributed by atoms with van der Waals surface area (Å²) in [6.07, 6.45) is 1.06. The van der Waals surface area contributed by atoms with E-state index in [1.165, 1.54) is 0 Å². The SMILES string of the molecule is CCNc1cccc(N2CCC(CO)C2)n1. The molecule has 0 spiro atoms. The standard InChI is InChI=1S/C12H19N3O/c1-2-13-11-4-3-5-12(14-11)15-7-6-10(8-15)9-16/h3-5,10,16H,2,6-9H2,1H3,(H,13,14). The Bertz CT molecular complexity index is 343. The van der Waals surface area contributed by atoms with Crippen LogP contribution >= 0.6 is 0 Å². The highest BCUT2D eigenvalue weighted by Crippen LogP contribution is 2.22. The number of aliphatic hydroxyl groups is 1. The first-order valence-electron chi connectivity index (χ1n) is 5.90. The van der Waals surface area contributed by atoms with Gasteiger partial charge in [0, 0.05) is 32.2 Å². The van der Waals surface area contributed by atoms with Crippen molar-refractivity contribution in [2.45, 2.75) is 13.3 Å². The molecule has 4 nitrogen and oxygen atoms in total. The van der Waals surface area contributed by atoms with Gasteiger partial charge in [-0.1, -0.05) is 6.07 Å². The first-order chi connectivity index (χ1) is 7.83. The van der Waals surface area contributed by atoms with Gasteiger partial charge in [-0.3, -0.25) is 0 Å². The van der Waals surface area contributed by atoms with Gasteiger partial charge in [0.1, 0.15) is 11.6 Å². The summed E-state index contributed by atoms with van der Waals surface area (Å²) in [5.74, 6) is 2.34. The summed E-state index contributed by atoms with van der Waals surface area (Å²) < 4.78 is 0. The van der Waals surface area contributed by atoms with Gasteiger partial charge in [-0.15, -0.1) is 0 Å². The Kier molecular flexibility index (Phi) is 3.62. The molecule has 1 aromatic heterocycles. The minimum Gasteiger partial charge on any atom is -0.396 e. The van der Waals surface area contributed by atoms with Crippen molar-refractivity contribution < 1.29 is 5.11 Å². The lowest BCUT2D eigenvalue weighted by atomic mass is 10.1. The Morgan fingerprint density at radius 1 is 1.56 bits per heavy atom. The minimum absolute atomic E-state index is 0.281. The molecule has 88 valence electrons. The predicted octanol–water partition coefficient (Wildman–Crippen LogP) is 1.33. The molecule has 2 rings (SSSR count). The van der Waals surface area contributed by atoms with E-state index in [-0.39, 0.29) is 6.61 Å². The van der Waals surface area contributed by atoms with Crippen LogP contribution in [-0.2, 0) is 0 Å². The van der Waals surface area contributed by atoms with Crippen molar-refractivity contribution in [1.29, 1.82) is 0 Å². The summed E-state index contributed by atoms with van der Waals surface area (Å²) in [6, 6.07) is 6.03. The summed E-state index contributed by atoms with van der Waals surface area (Å²) in [4.78, 5) is 6.78. The van der Waals surface area contributed by atoms with Crippen molar-refractivity contribution in [2.24, 2.45) is 5.92 Å². The third-order valence-electron chi connectivity index (χ3n) is 2.96. The molecule has 1 atom stereocenters. The van der Waals surface area contributed by atoms with Gasteiger partial charge >= 0.3 is 0 Å². The zero-order valence-corrected chi connectivity index (χ0v) is 9.69. The van der Waals surface area contributed by atoms with E-state index in [4.69, 9.17) is 5.11 Å². The predicted molar refractivity (Wildman–Crippen MR) is 65.8 cm³/mol. The highest BCUT2D eigenvalue weighted by atomic mass is 16.3. The molecule has 1 unspecified atom stereocenters. The van der Waals surface area contributed by atoms with Crippen LogP contribution in [-0.4, -0.2) is 36.3 Å². The number of nitrogens with zero attached hydrogens (tertiary/aromatic N) is 2. The molecule has 16 heavy (non-hydrogen) atoms. The molecule has 1 fully saturated rings. The Hall–Kier alpha value is -1.29. The fraction of sp³-hybridized carbons (Fsp3) is 0.583. The molecular weight excluding hydrogens is 202 g/mol. The number of pyridine rings is 1. The van der Waals surface area contributed by atoms with Gasteiger partial charge in [0.05, 0.1) is 0 Å². The maximum atomic E-state index is 9.11. The van der Waals surface area contributed by atoms with Gasteiger partial charge in [-0.2, -0.15) is 0 Å². The Labute approximate surface area is 96.3 Å². The molecule has 2 N–H and O–H groups in total. The maximum absolute atomic E-state index is 9.11. The van der Waals surface area contributed by atoms with Crippen molar-refractivity contribution in [2.75, 3.05) is 36.5 Å². The summed E-state index contributed by atoms with van der Waals surface area (Å²) in [5, 5.41) is 12.3. The molecule has 4 heteroatoms. The summed E-state index contributed by atoms with van der Waals surface area (Å²) >= 11 is 0. The second kappa shape index (κ2) is 5.16. The lowest BCUT2D eigenvalue weighted by Crippen LogP contribution is -2.21. The Balaban J connectivity index is 2.06. The fourth-order valence-electron chi connectivity index (χ4n) is 2.07. The van der Waals surface area contributed by atoms with Crippen LogP contribution in [0.3, 0.4) is 0 Å². The van der Waals surface area contributed by atoms with E-state index in [1.807, 2.05) is 18.2 Å². The summed E-state index contributed by atoms with van der Waals surface area (Å²) in [7, 11) is 0. The van der Waals surface area contributed by atoms with Crippen molar-refractivity contribution in [3.8, 4) is 0 Å². The van der Waals surface area contributed by atoms with E-state index in [2.05, 4.69) is 22.1 Å². The lowest BCUT2D eigenvalue weighted by Gasteiger charge is -2.17. The number of hydrogen-bond acceptors (Lipinski definition) is 4. The van der Waals surface area contributed by atoms with E-state index in [1.54, 1.807) is 0 Å². The van der Waals surface area contributed by atoms with Gasteiger partial charge in [0.15, 0.2) is 0 Å². The second-order valence-electron chi connectivity index (χ2n) is 4.19. The summed E-state index contributed by atoms with van der Waals surface area (Å²) in [5.41, 5.74) is 0. The van der Waals surface area contributed by atoms with Gasteiger partial charge in [0.2, 0.25) is 0 Å². The largest absolute Gasteiger partial charge is 0.396 e. The van der Waals surface area contributed by atoms with Crippen LogP contribution in [0.15, 0.2) is 18.2 Å². The molecular formula is C12H19N3O. The van der Waals surface area contributed by atoms with Crippen LogP contribution in [0.5, 0.6) is 0 Å². The first-order valence-corrected chi connectivity index (χ1v) is 5.90. The molecule has 1 saturated heterocycles. The molecule has 0 aliphatic carbocycles. The van der Waals surface area contributed by atoms with Crippen molar-refractivity contribution in [3.05, 3.63) is 18.2 Å². The van der Waals surface area contributed by atoms with Crippen LogP contribution in [0.25, 0.3) is 0 Å². The second-order valence-corrected chi connectivity index (χ2v) is 4.19. The Morgan fingerprint density at radius 2 is 2.44 bits per heavy atom. The highest BCUT2D eigenvalue weighted by molar-refractivity contribution is 5.47. The molecule has 0 amide bonds. The van der Waals surface area contributed by atoms with E-state index in [0.29, 0.717) is 5.92 Å². The third kappa shape index (κ3) is 2.44. The lowest BCUT2D eigenvalue weighted by molar-refractivity contribution is 0.238. The molecule has 1 aliphatic heterocycles. The number of nitrogens with one attached hydrogen (secondary N) is 1. The summed E-state index contributed by atoms with van der Waals surface area (Å²) in [6.45, 7) is 5.14. The van der Waals surface area contributed by atoms with Crippen LogP contribution in [0.4, 0.5) is 11.6 Å². The normalized spacial score (nSPS) is 20.1. The van der Waals surface area contributed by atoms with Crippen molar-refractivity contribution in [3.63, 3.8) is 0 Å². The third-order valence-corrected chi connectivity index (χ3v) is 2.96. The van der Waals surface area contributed by atoms with Gasteiger partial charge in [-0.05, 0) is 25.5 Å². The first kappa shape index (κ1) is 11.2. The van der Waals surface area contributed by atoms with E-state index in [0.717, 1.165) is 37.7 Å². The smallest absolute Gasteiger partial charge is 0.130 e. The van der Waals surface area contributed by atoms with Crippen molar-refractivity contribution >= 4 is 11.6 Å². The Morgan fingerprint density at radius 3 is 3.12 bits per heavy atom. The van der Waals surface area contributed by atoms with Crippen LogP contribution < -0.4 is 10.2 Å². The zero-order chi connectivity index (χ0) is 11.4. The molecule has 0 saturated carbocycles. The van der Waals surface area contributed by atoms with Gasteiger partial charge in [-0.25, -0.2) is 4.98 Å². The fourth-order valence-corrected chi connectivity index (χ4v) is 2.07. The highest BCUT2D eigenvalue weighted by Gasteiger charge is 2.22. The maximum Gasteiger partial charge on any atom is 0.130 e. The van der Waals surface area contributed by atoms with Crippen LogP contribution in [0, 0.1) is 5.92 Å². The van der Waals surface area contributed by atoms with Crippen molar-refractivity contribution in [1.82, 2.24) is 4.98 Å².